The van der Waals surface area contributed by atoms with Crippen LogP contribution in [0.2, 0.25) is 0 Å². The van der Waals surface area contributed by atoms with Gasteiger partial charge in [0.2, 0.25) is 0 Å². The van der Waals surface area contributed by atoms with Crippen molar-refractivity contribution in [3.63, 3.8) is 0 Å². The topological polar surface area (TPSA) is 59.8 Å². The molecule has 128 valence electrons. The Kier molecular flexibility index (Phi) is 4.29. The fourth-order valence-electron chi connectivity index (χ4n) is 2.34. The van der Waals surface area contributed by atoms with E-state index in [1.54, 1.807) is 17.8 Å². The predicted molar refractivity (Wildman–Crippen MR) is 80.1 cm³/mol. The van der Waals surface area contributed by atoms with Gasteiger partial charge in [-0.1, -0.05) is 6.07 Å². The molecule has 1 saturated carbocycles. The maximum atomic E-state index is 12.5. The second-order valence-electron chi connectivity index (χ2n) is 6.06. The lowest BCUT2D eigenvalue weighted by Gasteiger charge is -2.14. The third kappa shape index (κ3) is 3.93. The zero-order valence-electron chi connectivity index (χ0n) is 13.0. The van der Waals surface area contributed by atoms with Crippen LogP contribution in [-0.4, -0.2) is 20.7 Å². The van der Waals surface area contributed by atoms with Gasteiger partial charge in [-0.15, -0.1) is 0 Å². The molecular formula is C16H17F3N4O. The molecule has 8 heteroatoms. The number of hydrogen-bond donors (Lipinski definition) is 1. The van der Waals surface area contributed by atoms with Gasteiger partial charge >= 0.3 is 6.18 Å². The molecule has 1 N–H and O–H groups in total. The molecule has 1 aliphatic rings. The van der Waals surface area contributed by atoms with Gasteiger partial charge in [0.1, 0.15) is 5.69 Å². The summed E-state index contributed by atoms with van der Waals surface area (Å²) < 4.78 is 39.3. The molecule has 0 unspecified atom stereocenters. The Morgan fingerprint density at radius 2 is 2.12 bits per heavy atom. The molecule has 2 aromatic heterocycles. The number of aromatic nitrogens is 3. The van der Waals surface area contributed by atoms with Crippen molar-refractivity contribution in [3.8, 4) is 0 Å². The summed E-state index contributed by atoms with van der Waals surface area (Å²) in [6.45, 7) is 2.50. The van der Waals surface area contributed by atoms with E-state index in [1.807, 2.05) is 0 Å². The molecule has 2 aromatic rings. The van der Waals surface area contributed by atoms with Gasteiger partial charge in [0, 0.05) is 18.9 Å². The lowest BCUT2D eigenvalue weighted by Crippen LogP contribution is -2.26. The molecule has 1 fully saturated rings. The van der Waals surface area contributed by atoms with Gasteiger partial charge in [0.05, 0.1) is 17.8 Å². The van der Waals surface area contributed by atoms with Crippen LogP contribution in [0.3, 0.4) is 0 Å². The molecule has 2 heterocycles. The van der Waals surface area contributed by atoms with E-state index >= 15 is 0 Å². The third-order valence-electron chi connectivity index (χ3n) is 3.96. The standard InChI is InChI=1S/C16H17F3N4O/c1-10(12-4-5-14(20-6-12)16(17,18)19)22-15(24)13-7-21-23(9-13)8-11-2-3-11/h4-7,9-11H,2-3,8H2,1H3,(H,22,24)/t10-/m0/s1. The Balaban J connectivity index is 1.61. The number of halogens is 3. The molecule has 0 radical (unpaired) electrons. The second kappa shape index (κ2) is 6.26. The van der Waals surface area contributed by atoms with Crippen LogP contribution in [0.25, 0.3) is 0 Å². The number of nitrogens with one attached hydrogen (secondary N) is 1. The molecule has 0 aromatic carbocycles. The monoisotopic (exact) mass is 338 g/mol. The van der Waals surface area contributed by atoms with E-state index in [-0.39, 0.29) is 5.91 Å². The Morgan fingerprint density at radius 1 is 1.38 bits per heavy atom. The fraction of sp³-hybridized carbons (Fsp3) is 0.438. The predicted octanol–water partition coefficient (Wildman–Crippen LogP) is 3.20. The van der Waals surface area contributed by atoms with Crippen molar-refractivity contribution < 1.29 is 18.0 Å². The van der Waals surface area contributed by atoms with Gasteiger partial charge in [-0.25, -0.2) is 0 Å². The molecule has 3 rings (SSSR count). The van der Waals surface area contributed by atoms with Crippen molar-refractivity contribution in [1.82, 2.24) is 20.1 Å². The molecule has 0 spiro atoms. The molecule has 0 bridgehead atoms. The van der Waals surface area contributed by atoms with E-state index in [1.165, 1.54) is 25.1 Å². The SMILES string of the molecule is C[C@H](NC(=O)c1cnn(CC2CC2)c1)c1ccc(C(F)(F)F)nc1. The maximum Gasteiger partial charge on any atom is 0.433 e. The number of carbonyl (C=O) groups is 1. The third-order valence-corrected chi connectivity index (χ3v) is 3.96. The van der Waals surface area contributed by atoms with Gasteiger partial charge in [0.15, 0.2) is 0 Å². The number of alkyl halides is 3. The van der Waals surface area contributed by atoms with Crippen LogP contribution in [0.1, 0.15) is 47.4 Å². The summed E-state index contributed by atoms with van der Waals surface area (Å²) in [5, 5.41) is 6.89. The van der Waals surface area contributed by atoms with E-state index in [2.05, 4.69) is 15.4 Å². The number of hydrogen-bond acceptors (Lipinski definition) is 3. The van der Waals surface area contributed by atoms with Crippen LogP contribution < -0.4 is 5.32 Å². The first kappa shape index (κ1) is 16.5. The zero-order chi connectivity index (χ0) is 17.3. The Hall–Kier alpha value is -2.38. The number of amides is 1. The molecule has 0 saturated heterocycles. The molecule has 0 aliphatic heterocycles. The molecule has 24 heavy (non-hydrogen) atoms. The van der Waals surface area contributed by atoms with Crippen molar-refractivity contribution in [1.29, 1.82) is 0 Å². The lowest BCUT2D eigenvalue weighted by atomic mass is 10.1. The smallest absolute Gasteiger partial charge is 0.345 e. The molecule has 1 aliphatic carbocycles. The van der Waals surface area contributed by atoms with E-state index in [0.29, 0.717) is 17.0 Å². The van der Waals surface area contributed by atoms with Crippen molar-refractivity contribution >= 4 is 5.91 Å². The van der Waals surface area contributed by atoms with Crippen LogP contribution in [0, 0.1) is 5.92 Å². The van der Waals surface area contributed by atoms with Gasteiger partial charge in [0.25, 0.3) is 5.91 Å². The van der Waals surface area contributed by atoms with E-state index in [4.69, 9.17) is 0 Å². The number of pyridine rings is 1. The Bertz CT molecular complexity index is 720. The highest BCUT2D eigenvalue weighted by molar-refractivity contribution is 5.93. The summed E-state index contributed by atoms with van der Waals surface area (Å²) in [5.74, 6) is 0.336. The van der Waals surface area contributed by atoms with Gasteiger partial charge < -0.3 is 5.32 Å². The second-order valence-corrected chi connectivity index (χ2v) is 6.06. The van der Waals surface area contributed by atoms with Crippen LogP contribution in [0.5, 0.6) is 0 Å². The molecular weight excluding hydrogens is 321 g/mol. The lowest BCUT2D eigenvalue weighted by molar-refractivity contribution is -0.141. The van der Waals surface area contributed by atoms with Crippen molar-refractivity contribution in [3.05, 3.63) is 47.5 Å². The summed E-state index contributed by atoms with van der Waals surface area (Å²) in [6.07, 6.45) is 2.23. The molecule has 5 nitrogen and oxygen atoms in total. The minimum Gasteiger partial charge on any atom is -0.345 e. The zero-order valence-corrected chi connectivity index (χ0v) is 13.0. The van der Waals surface area contributed by atoms with Gasteiger partial charge in [-0.05, 0) is 37.3 Å². The first-order valence-corrected chi connectivity index (χ1v) is 7.69. The first-order valence-electron chi connectivity index (χ1n) is 7.69. The van der Waals surface area contributed by atoms with Crippen LogP contribution in [0.15, 0.2) is 30.7 Å². The Labute approximate surface area is 136 Å². The van der Waals surface area contributed by atoms with Crippen molar-refractivity contribution in [2.45, 2.75) is 38.5 Å². The maximum absolute atomic E-state index is 12.5. The fourth-order valence-corrected chi connectivity index (χ4v) is 2.34. The van der Waals surface area contributed by atoms with Crippen LogP contribution >= 0.6 is 0 Å². The van der Waals surface area contributed by atoms with Crippen LogP contribution in [-0.2, 0) is 12.7 Å². The highest BCUT2D eigenvalue weighted by Gasteiger charge is 2.32. The summed E-state index contributed by atoms with van der Waals surface area (Å²) in [7, 11) is 0. The van der Waals surface area contributed by atoms with Crippen LogP contribution in [0.4, 0.5) is 13.2 Å². The normalized spacial score (nSPS) is 16.0. The minimum absolute atomic E-state index is 0.315. The van der Waals surface area contributed by atoms with E-state index in [9.17, 15) is 18.0 Å². The van der Waals surface area contributed by atoms with E-state index in [0.717, 1.165) is 18.8 Å². The highest BCUT2D eigenvalue weighted by Crippen LogP contribution is 2.30. The average Bonchev–Trinajstić information content (AvgIpc) is 3.21. The summed E-state index contributed by atoms with van der Waals surface area (Å²) in [5.41, 5.74) is -0.0183. The number of rotatable bonds is 5. The average molecular weight is 338 g/mol. The van der Waals surface area contributed by atoms with Gasteiger partial charge in [-0.3, -0.25) is 14.5 Å². The quantitative estimate of drug-likeness (QED) is 0.911. The highest BCUT2D eigenvalue weighted by atomic mass is 19.4. The van der Waals surface area contributed by atoms with E-state index < -0.39 is 17.9 Å². The molecule has 1 atom stereocenters. The molecule has 1 amide bonds. The van der Waals surface area contributed by atoms with Gasteiger partial charge in [-0.2, -0.15) is 18.3 Å². The minimum atomic E-state index is -4.47. The summed E-state index contributed by atoms with van der Waals surface area (Å²) in [4.78, 5) is 15.6. The first-order chi connectivity index (χ1) is 11.3. The van der Waals surface area contributed by atoms with Crippen molar-refractivity contribution in [2.75, 3.05) is 0 Å². The summed E-state index contributed by atoms with van der Waals surface area (Å²) >= 11 is 0. The summed E-state index contributed by atoms with van der Waals surface area (Å²) in [6, 6.07) is 1.77. The number of nitrogens with zero attached hydrogens (tertiary/aromatic N) is 3. The largest absolute Gasteiger partial charge is 0.433 e. The van der Waals surface area contributed by atoms with Crippen molar-refractivity contribution in [2.24, 2.45) is 5.92 Å². The Morgan fingerprint density at radius 3 is 2.71 bits per heavy atom. The number of carbonyl (C=O) groups excluding carboxylic acids is 1.